The molecular formula is C10H17N5O2. The Balaban J connectivity index is 2.94. The minimum Gasteiger partial charge on any atom is -0.383 e. The van der Waals surface area contributed by atoms with Gasteiger partial charge in [-0.15, -0.1) is 0 Å². The molecule has 2 amide bonds. The molecule has 0 aliphatic rings. The van der Waals surface area contributed by atoms with E-state index in [0.29, 0.717) is 0 Å². The van der Waals surface area contributed by atoms with E-state index in [2.05, 4.69) is 15.5 Å². The Labute approximate surface area is 98.9 Å². The number of nitrogens with two attached hydrogens (primary N) is 2. The molecule has 0 spiro atoms. The van der Waals surface area contributed by atoms with Gasteiger partial charge in [0, 0.05) is 0 Å². The maximum atomic E-state index is 11.9. The van der Waals surface area contributed by atoms with E-state index in [4.69, 9.17) is 11.5 Å². The molecule has 6 N–H and O–H groups in total. The fourth-order valence-electron chi connectivity index (χ4n) is 1.27. The van der Waals surface area contributed by atoms with Gasteiger partial charge in [0.05, 0.1) is 6.20 Å². The van der Waals surface area contributed by atoms with Gasteiger partial charge in [0.2, 0.25) is 5.91 Å². The highest BCUT2D eigenvalue weighted by Crippen LogP contribution is 2.17. The first-order valence-electron chi connectivity index (χ1n) is 5.20. The molecule has 7 nitrogen and oxygen atoms in total. The van der Waals surface area contributed by atoms with Crippen LogP contribution >= 0.6 is 0 Å². The summed E-state index contributed by atoms with van der Waals surface area (Å²) in [5.41, 5.74) is 9.89. The zero-order chi connectivity index (χ0) is 13.2. The van der Waals surface area contributed by atoms with Gasteiger partial charge >= 0.3 is 0 Å². The molecule has 0 aliphatic heterocycles. The fraction of sp³-hybridized carbons (Fsp3) is 0.500. The van der Waals surface area contributed by atoms with Gasteiger partial charge in [0.15, 0.2) is 0 Å². The van der Waals surface area contributed by atoms with Crippen molar-refractivity contribution < 1.29 is 9.59 Å². The number of nitrogen functional groups attached to an aromatic ring is 1. The van der Waals surface area contributed by atoms with E-state index in [-0.39, 0.29) is 17.3 Å². The van der Waals surface area contributed by atoms with E-state index >= 15 is 0 Å². The van der Waals surface area contributed by atoms with Gasteiger partial charge < -0.3 is 16.8 Å². The summed E-state index contributed by atoms with van der Waals surface area (Å²) in [6, 6.07) is 0. The van der Waals surface area contributed by atoms with Crippen LogP contribution in [0.25, 0.3) is 0 Å². The number of hydrogen-bond donors (Lipinski definition) is 4. The minimum absolute atomic E-state index is 0.142. The maximum Gasteiger partial charge on any atom is 0.257 e. The average molecular weight is 239 g/mol. The molecule has 1 aromatic heterocycles. The molecule has 0 saturated heterocycles. The van der Waals surface area contributed by atoms with Crippen LogP contribution in [0.1, 0.15) is 31.1 Å². The standard InChI is InChI=1S/C10H17N5O2/c1-5(2)10(3,9(12)17)14-8(16)6-4-13-15-7(6)11/h4-5H,1-3H3,(H2,12,17)(H,14,16)(H3,11,13,15). The lowest BCUT2D eigenvalue weighted by atomic mass is 9.87. The smallest absolute Gasteiger partial charge is 0.257 e. The molecule has 0 fully saturated rings. The van der Waals surface area contributed by atoms with E-state index < -0.39 is 17.4 Å². The molecule has 0 bridgehead atoms. The predicted octanol–water partition coefficient (Wildman–Crippen LogP) is -0.378. The maximum absolute atomic E-state index is 11.9. The molecule has 1 heterocycles. The summed E-state index contributed by atoms with van der Waals surface area (Å²) in [5.74, 6) is -1.07. The van der Waals surface area contributed by atoms with Crippen LogP contribution in [0.4, 0.5) is 5.82 Å². The van der Waals surface area contributed by atoms with Gasteiger partial charge in [-0.05, 0) is 12.8 Å². The lowest BCUT2D eigenvalue weighted by Crippen LogP contribution is -2.58. The molecule has 0 radical (unpaired) electrons. The van der Waals surface area contributed by atoms with E-state index in [9.17, 15) is 9.59 Å². The Morgan fingerprint density at radius 2 is 2.12 bits per heavy atom. The largest absolute Gasteiger partial charge is 0.383 e. The summed E-state index contributed by atoms with van der Waals surface area (Å²) in [5, 5.41) is 8.66. The van der Waals surface area contributed by atoms with Crippen molar-refractivity contribution in [1.82, 2.24) is 15.5 Å². The van der Waals surface area contributed by atoms with Crippen molar-refractivity contribution in [2.45, 2.75) is 26.3 Å². The number of hydrogen-bond acceptors (Lipinski definition) is 4. The Hall–Kier alpha value is -2.05. The first-order chi connectivity index (χ1) is 7.79. The molecule has 1 atom stereocenters. The molecule has 1 aromatic rings. The number of carbonyl (C=O) groups is 2. The van der Waals surface area contributed by atoms with Crippen LogP contribution in [0.15, 0.2) is 6.20 Å². The lowest BCUT2D eigenvalue weighted by Gasteiger charge is -2.31. The number of nitrogens with zero attached hydrogens (tertiary/aromatic N) is 1. The number of nitrogens with one attached hydrogen (secondary N) is 2. The molecule has 17 heavy (non-hydrogen) atoms. The summed E-state index contributed by atoms with van der Waals surface area (Å²) < 4.78 is 0. The highest BCUT2D eigenvalue weighted by Gasteiger charge is 2.36. The Kier molecular flexibility index (Phi) is 3.40. The third-order valence-corrected chi connectivity index (χ3v) is 2.95. The van der Waals surface area contributed by atoms with Crippen molar-refractivity contribution in [3.05, 3.63) is 11.8 Å². The third kappa shape index (κ3) is 2.38. The monoisotopic (exact) mass is 239 g/mol. The topological polar surface area (TPSA) is 127 Å². The first kappa shape index (κ1) is 13.0. The molecule has 7 heteroatoms. The number of primary amides is 1. The van der Waals surface area contributed by atoms with Crippen molar-refractivity contribution in [3.8, 4) is 0 Å². The molecule has 0 saturated carbocycles. The molecule has 1 rings (SSSR count). The molecular weight excluding hydrogens is 222 g/mol. The van der Waals surface area contributed by atoms with E-state index in [1.165, 1.54) is 6.20 Å². The fourth-order valence-corrected chi connectivity index (χ4v) is 1.27. The number of rotatable bonds is 4. The van der Waals surface area contributed by atoms with E-state index in [1.54, 1.807) is 20.8 Å². The molecule has 1 unspecified atom stereocenters. The second kappa shape index (κ2) is 4.44. The Morgan fingerprint density at radius 1 is 1.53 bits per heavy atom. The predicted molar refractivity (Wildman–Crippen MR) is 62.9 cm³/mol. The third-order valence-electron chi connectivity index (χ3n) is 2.95. The molecule has 0 aromatic carbocycles. The number of anilines is 1. The van der Waals surface area contributed by atoms with Crippen LogP contribution in [-0.4, -0.2) is 27.6 Å². The highest BCUT2D eigenvalue weighted by atomic mass is 16.2. The van der Waals surface area contributed by atoms with Gasteiger partial charge in [-0.3, -0.25) is 14.7 Å². The van der Waals surface area contributed by atoms with Crippen LogP contribution in [0.2, 0.25) is 0 Å². The lowest BCUT2D eigenvalue weighted by molar-refractivity contribution is -0.125. The number of aromatic nitrogens is 2. The molecule has 0 aliphatic carbocycles. The summed E-state index contributed by atoms with van der Waals surface area (Å²) >= 11 is 0. The summed E-state index contributed by atoms with van der Waals surface area (Å²) in [7, 11) is 0. The van der Waals surface area contributed by atoms with Crippen LogP contribution in [0, 0.1) is 5.92 Å². The zero-order valence-corrected chi connectivity index (χ0v) is 10.1. The van der Waals surface area contributed by atoms with Crippen LogP contribution in [-0.2, 0) is 4.79 Å². The van der Waals surface area contributed by atoms with Gasteiger partial charge in [-0.1, -0.05) is 13.8 Å². The van der Waals surface area contributed by atoms with Crippen LogP contribution < -0.4 is 16.8 Å². The summed E-state index contributed by atoms with van der Waals surface area (Å²) in [4.78, 5) is 23.3. The second-order valence-electron chi connectivity index (χ2n) is 4.37. The van der Waals surface area contributed by atoms with Gasteiger partial charge in [-0.25, -0.2) is 0 Å². The average Bonchev–Trinajstić information content (AvgIpc) is 2.63. The first-order valence-corrected chi connectivity index (χ1v) is 5.20. The van der Waals surface area contributed by atoms with Crippen LogP contribution in [0.3, 0.4) is 0 Å². The zero-order valence-electron chi connectivity index (χ0n) is 10.1. The molecule has 94 valence electrons. The number of amides is 2. The Bertz CT molecular complexity index is 440. The minimum atomic E-state index is -1.12. The number of H-pyrrole nitrogens is 1. The van der Waals surface area contributed by atoms with Crippen molar-refractivity contribution in [1.29, 1.82) is 0 Å². The number of aromatic amines is 1. The summed E-state index contributed by atoms with van der Waals surface area (Å²) in [6.07, 6.45) is 1.30. The van der Waals surface area contributed by atoms with Gasteiger partial charge in [0.25, 0.3) is 5.91 Å². The normalized spacial score (nSPS) is 14.4. The summed E-state index contributed by atoms with van der Waals surface area (Å²) in [6.45, 7) is 5.17. The van der Waals surface area contributed by atoms with Gasteiger partial charge in [0.1, 0.15) is 16.9 Å². The van der Waals surface area contributed by atoms with Crippen molar-refractivity contribution >= 4 is 17.6 Å². The van der Waals surface area contributed by atoms with E-state index in [0.717, 1.165) is 0 Å². The van der Waals surface area contributed by atoms with Crippen LogP contribution in [0.5, 0.6) is 0 Å². The van der Waals surface area contributed by atoms with Crippen molar-refractivity contribution in [2.75, 3.05) is 5.73 Å². The van der Waals surface area contributed by atoms with Crippen molar-refractivity contribution in [3.63, 3.8) is 0 Å². The SMILES string of the molecule is CC(C)C(C)(NC(=O)c1cn[nH]c1N)C(N)=O. The quantitative estimate of drug-likeness (QED) is 0.571. The van der Waals surface area contributed by atoms with Crippen molar-refractivity contribution in [2.24, 2.45) is 11.7 Å². The Morgan fingerprint density at radius 3 is 2.47 bits per heavy atom. The second-order valence-corrected chi connectivity index (χ2v) is 4.37. The number of carbonyl (C=O) groups excluding carboxylic acids is 2. The van der Waals surface area contributed by atoms with E-state index in [1.807, 2.05) is 0 Å². The van der Waals surface area contributed by atoms with Gasteiger partial charge in [-0.2, -0.15) is 5.10 Å². The highest BCUT2D eigenvalue weighted by molar-refractivity contribution is 6.01.